The third-order valence-corrected chi connectivity index (χ3v) is 5.65. The Labute approximate surface area is 195 Å². The predicted octanol–water partition coefficient (Wildman–Crippen LogP) is 3.78. The van der Waals surface area contributed by atoms with Crippen LogP contribution in [0.3, 0.4) is 0 Å². The van der Waals surface area contributed by atoms with Gasteiger partial charge in [-0.3, -0.25) is 9.69 Å². The monoisotopic (exact) mass is 469 g/mol. The smallest absolute Gasteiger partial charge is 0.414 e. The second kappa shape index (κ2) is 10.4. The van der Waals surface area contributed by atoms with Gasteiger partial charge in [-0.1, -0.05) is 24.3 Å². The molecule has 2 amide bonds. The minimum atomic E-state index is -0.770. The molecule has 1 atom stereocenters. The van der Waals surface area contributed by atoms with Crippen molar-refractivity contribution in [2.45, 2.75) is 38.7 Å². The van der Waals surface area contributed by atoms with E-state index in [0.29, 0.717) is 5.56 Å². The van der Waals surface area contributed by atoms with Crippen LogP contribution < -0.4 is 10.2 Å². The van der Waals surface area contributed by atoms with Crippen LogP contribution in [0.5, 0.6) is 0 Å². The highest BCUT2D eigenvalue weighted by atomic mass is 19.1. The van der Waals surface area contributed by atoms with Gasteiger partial charge in [0, 0.05) is 6.92 Å². The lowest BCUT2D eigenvalue weighted by atomic mass is 10.00. The Bertz CT molecular complexity index is 1130. The van der Waals surface area contributed by atoms with Crippen molar-refractivity contribution in [3.05, 3.63) is 65.5 Å². The van der Waals surface area contributed by atoms with Gasteiger partial charge in [-0.15, -0.1) is 0 Å². The number of cyclic esters (lactones) is 1. The molecule has 0 bridgehead atoms. The second-order valence-corrected chi connectivity index (χ2v) is 8.20. The molecule has 1 fully saturated rings. The van der Waals surface area contributed by atoms with E-state index in [0.717, 1.165) is 54.0 Å². The van der Waals surface area contributed by atoms with Crippen LogP contribution in [0.1, 0.15) is 31.0 Å². The average Bonchev–Trinajstić information content (AvgIpc) is 3.45. The van der Waals surface area contributed by atoms with Crippen LogP contribution in [-0.4, -0.2) is 46.6 Å². The molecule has 2 N–H and O–H groups in total. The fourth-order valence-electron chi connectivity index (χ4n) is 3.91. The standard InChI is InChI=1S/C24H25F2N5O3/c1-15(32)27-13-20-14-31(24(33)34-20)19-10-21(25)23(22(26)11-19)17-8-6-16(7-9-17)4-2-3-5-18-12-28-30-29-18/h6-12,20H,2-5,13-14H2,1H3,(H,27,32)(H,28,29,30)/t20-/m0/s1. The molecular weight excluding hydrogens is 444 g/mol. The lowest BCUT2D eigenvalue weighted by Crippen LogP contribution is -2.33. The van der Waals surface area contributed by atoms with Crippen molar-refractivity contribution in [2.75, 3.05) is 18.0 Å². The van der Waals surface area contributed by atoms with Crippen LogP contribution in [0.25, 0.3) is 11.1 Å². The molecule has 0 saturated carbocycles. The average molecular weight is 469 g/mol. The van der Waals surface area contributed by atoms with Crippen molar-refractivity contribution in [3.63, 3.8) is 0 Å². The van der Waals surface area contributed by atoms with Crippen LogP contribution in [0.4, 0.5) is 19.3 Å². The zero-order valence-corrected chi connectivity index (χ0v) is 18.7. The molecule has 0 radical (unpaired) electrons. The van der Waals surface area contributed by atoms with Gasteiger partial charge in [-0.25, -0.2) is 13.6 Å². The number of hydrogen-bond donors (Lipinski definition) is 2. The van der Waals surface area contributed by atoms with Crippen molar-refractivity contribution in [2.24, 2.45) is 0 Å². The van der Waals surface area contributed by atoms with Crippen LogP contribution >= 0.6 is 0 Å². The molecule has 1 aliphatic heterocycles. The molecule has 178 valence electrons. The summed E-state index contributed by atoms with van der Waals surface area (Å²) in [7, 11) is 0. The van der Waals surface area contributed by atoms with E-state index in [9.17, 15) is 18.4 Å². The number of anilines is 1. The molecule has 0 unspecified atom stereocenters. The highest BCUT2D eigenvalue weighted by Crippen LogP contribution is 2.32. The summed E-state index contributed by atoms with van der Waals surface area (Å²) in [6.07, 6.45) is 4.01. The van der Waals surface area contributed by atoms with Gasteiger partial charge < -0.3 is 10.1 Å². The summed E-state index contributed by atoms with van der Waals surface area (Å²) in [6.45, 7) is 1.57. The van der Waals surface area contributed by atoms with Gasteiger partial charge in [0.1, 0.15) is 17.7 Å². The minimum absolute atomic E-state index is 0.0674. The number of rotatable bonds is 9. The van der Waals surface area contributed by atoms with Gasteiger partial charge in [0.2, 0.25) is 5.91 Å². The topological polar surface area (TPSA) is 100 Å². The highest BCUT2D eigenvalue weighted by Gasteiger charge is 2.33. The fourth-order valence-corrected chi connectivity index (χ4v) is 3.91. The number of carbonyl (C=O) groups is 2. The highest BCUT2D eigenvalue weighted by molar-refractivity contribution is 5.90. The largest absolute Gasteiger partial charge is 0.442 e. The molecule has 0 spiro atoms. The van der Waals surface area contributed by atoms with E-state index in [1.54, 1.807) is 18.3 Å². The van der Waals surface area contributed by atoms with Gasteiger partial charge in [-0.05, 0) is 48.9 Å². The minimum Gasteiger partial charge on any atom is -0.442 e. The summed E-state index contributed by atoms with van der Waals surface area (Å²) < 4.78 is 35.0. The van der Waals surface area contributed by atoms with E-state index in [1.807, 2.05) is 12.1 Å². The van der Waals surface area contributed by atoms with Crippen LogP contribution in [0, 0.1) is 11.6 Å². The van der Waals surface area contributed by atoms with Crippen LogP contribution in [0.15, 0.2) is 42.6 Å². The zero-order valence-electron chi connectivity index (χ0n) is 18.7. The molecule has 1 aliphatic rings. The van der Waals surface area contributed by atoms with Gasteiger partial charge in [0.15, 0.2) is 0 Å². The molecule has 2 aromatic carbocycles. The number of hydrogen-bond acceptors (Lipinski definition) is 5. The van der Waals surface area contributed by atoms with E-state index in [4.69, 9.17) is 4.74 Å². The Hall–Kier alpha value is -3.82. The summed E-state index contributed by atoms with van der Waals surface area (Å²) in [5.74, 6) is -1.80. The number of amides is 2. The SMILES string of the molecule is CC(=O)NC[C@H]1CN(c2cc(F)c(-c3ccc(CCCCc4cn[nH]n4)cc3)c(F)c2)C(=O)O1. The summed E-state index contributed by atoms with van der Waals surface area (Å²) in [5, 5.41) is 13.0. The second-order valence-electron chi connectivity index (χ2n) is 8.20. The number of aryl methyl sites for hydroxylation is 2. The van der Waals surface area contributed by atoms with Gasteiger partial charge in [-0.2, -0.15) is 15.4 Å². The molecule has 3 aromatic rings. The Morgan fingerprint density at radius 3 is 2.53 bits per heavy atom. The number of nitrogens with zero attached hydrogens (tertiary/aromatic N) is 3. The van der Waals surface area contributed by atoms with E-state index in [2.05, 4.69) is 20.7 Å². The molecule has 0 aliphatic carbocycles. The summed E-state index contributed by atoms with van der Waals surface area (Å²) in [5.41, 5.74) is 2.34. The summed E-state index contributed by atoms with van der Waals surface area (Å²) in [4.78, 5) is 24.4. The zero-order chi connectivity index (χ0) is 24.1. The third kappa shape index (κ3) is 5.56. The van der Waals surface area contributed by atoms with E-state index >= 15 is 0 Å². The molecule has 10 heteroatoms. The van der Waals surface area contributed by atoms with Gasteiger partial charge in [0.05, 0.1) is 36.2 Å². The normalized spacial score (nSPS) is 15.4. The molecule has 1 saturated heterocycles. The molecule has 1 aromatic heterocycles. The Morgan fingerprint density at radius 1 is 1.18 bits per heavy atom. The van der Waals surface area contributed by atoms with Crippen LogP contribution in [-0.2, 0) is 22.4 Å². The van der Waals surface area contributed by atoms with E-state index in [-0.39, 0.29) is 30.2 Å². The predicted molar refractivity (Wildman–Crippen MR) is 121 cm³/mol. The Balaban J connectivity index is 1.39. The number of carbonyl (C=O) groups excluding carboxylic acids is 2. The molecule has 34 heavy (non-hydrogen) atoms. The number of halogens is 2. The summed E-state index contributed by atoms with van der Waals surface area (Å²) in [6, 6.07) is 9.37. The Morgan fingerprint density at radius 2 is 1.88 bits per heavy atom. The molecule has 2 heterocycles. The van der Waals surface area contributed by atoms with Crippen molar-refractivity contribution in [3.8, 4) is 11.1 Å². The first-order chi connectivity index (χ1) is 16.4. The van der Waals surface area contributed by atoms with Crippen molar-refractivity contribution < 1.29 is 23.1 Å². The summed E-state index contributed by atoms with van der Waals surface area (Å²) >= 11 is 0. The number of ether oxygens (including phenoxy) is 1. The fraction of sp³-hybridized carbons (Fsp3) is 0.333. The maximum atomic E-state index is 14.9. The van der Waals surface area contributed by atoms with Crippen LogP contribution in [0.2, 0.25) is 0 Å². The first-order valence-corrected chi connectivity index (χ1v) is 11.1. The third-order valence-electron chi connectivity index (χ3n) is 5.65. The van der Waals surface area contributed by atoms with E-state index in [1.165, 1.54) is 6.92 Å². The molecular formula is C24H25F2N5O3. The number of H-pyrrole nitrogens is 1. The van der Waals surface area contributed by atoms with Gasteiger partial charge >= 0.3 is 6.09 Å². The van der Waals surface area contributed by atoms with Gasteiger partial charge in [0.25, 0.3) is 0 Å². The number of benzene rings is 2. The maximum absolute atomic E-state index is 14.9. The van der Waals surface area contributed by atoms with E-state index < -0.39 is 23.8 Å². The van der Waals surface area contributed by atoms with Crippen molar-refractivity contribution in [1.82, 2.24) is 20.7 Å². The quantitative estimate of drug-likeness (QED) is 0.465. The van der Waals surface area contributed by atoms with Crippen molar-refractivity contribution >= 4 is 17.7 Å². The molecule has 4 rings (SSSR count). The number of aromatic amines is 1. The first-order valence-electron chi connectivity index (χ1n) is 11.1. The molecule has 8 nitrogen and oxygen atoms in total. The van der Waals surface area contributed by atoms with Crippen molar-refractivity contribution in [1.29, 1.82) is 0 Å². The number of unbranched alkanes of at least 4 members (excludes halogenated alkanes) is 1. The lowest BCUT2D eigenvalue weighted by molar-refractivity contribution is -0.119. The number of nitrogens with one attached hydrogen (secondary N) is 2. The first kappa shape index (κ1) is 23.3. The Kier molecular flexibility index (Phi) is 7.15. The lowest BCUT2D eigenvalue weighted by Gasteiger charge is -2.15. The number of aromatic nitrogens is 3. The maximum Gasteiger partial charge on any atom is 0.414 e.